The largest absolute Gasteiger partial charge is 0.508 e. The smallest absolute Gasteiger partial charge is 0.115 e. The topological polar surface area (TPSA) is 23.5 Å². The van der Waals surface area contributed by atoms with Gasteiger partial charge in [-0.1, -0.05) is 31.0 Å². The van der Waals surface area contributed by atoms with Crippen molar-refractivity contribution in [1.82, 2.24) is 4.90 Å². The van der Waals surface area contributed by atoms with E-state index in [0.717, 1.165) is 18.8 Å². The Kier molecular flexibility index (Phi) is 4.92. The third-order valence-electron chi connectivity index (χ3n) is 7.78. The summed E-state index contributed by atoms with van der Waals surface area (Å²) < 4.78 is 0. The van der Waals surface area contributed by atoms with Crippen molar-refractivity contribution >= 4 is 11.8 Å². The molecule has 3 atom stereocenters. The minimum absolute atomic E-state index is 0.325. The first kappa shape index (κ1) is 18.6. The zero-order valence-electron chi connectivity index (χ0n) is 16.9. The number of rotatable bonds is 4. The number of hydrogen-bond acceptors (Lipinski definition) is 3. The highest BCUT2D eigenvalue weighted by atomic mass is 32.2. The van der Waals surface area contributed by atoms with Crippen molar-refractivity contribution < 1.29 is 5.11 Å². The van der Waals surface area contributed by atoms with Crippen molar-refractivity contribution in [3.63, 3.8) is 0 Å². The fourth-order valence-electron chi connectivity index (χ4n) is 6.42. The molecule has 3 heteroatoms. The van der Waals surface area contributed by atoms with Gasteiger partial charge in [-0.2, -0.15) is 0 Å². The van der Waals surface area contributed by atoms with E-state index in [-0.39, 0.29) is 0 Å². The van der Waals surface area contributed by atoms with Gasteiger partial charge in [0.1, 0.15) is 5.75 Å². The SMILES string of the molecule is CSc1ccc(CCN2CC[C@]34CCCC[C@H]3[C@@H]2Cc2ccc(O)cc24)cc1. The van der Waals surface area contributed by atoms with Gasteiger partial charge in [0, 0.05) is 22.9 Å². The molecule has 1 heterocycles. The Labute approximate surface area is 173 Å². The number of benzene rings is 2. The normalized spacial score (nSPS) is 29.2. The number of nitrogens with zero attached hydrogens (tertiary/aromatic N) is 1. The number of phenolic OH excluding ortho intramolecular Hbond substituents is 1. The highest BCUT2D eigenvalue weighted by molar-refractivity contribution is 7.98. The zero-order chi connectivity index (χ0) is 19.1. The monoisotopic (exact) mass is 393 g/mol. The zero-order valence-corrected chi connectivity index (χ0v) is 17.7. The Morgan fingerprint density at radius 2 is 1.96 bits per heavy atom. The lowest BCUT2D eigenvalue weighted by atomic mass is 9.52. The number of hydrogen-bond donors (Lipinski definition) is 1. The third-order valence-corrected chi connectivity index (χ3v) is 8.53. The molecule has 28 heavy (non-hydrogen) atoms. The number of fused-ring (bicyclic) bond motifs is 1. The molecule has 2 nitrogen and oxygen atoms in total. The summed E-state index contributed by atoms with van der Waals surface area (Å²) in [6.45, 7) is 2.38. The molecule has 2 bridgehead atoms. The number of aromatic hydroxyl groups is 1. The molecule has 1 saturated carbocycles. The lowest BCUT2D eigenvalue weighted by molar-refractivity contribution is -0.0106. The van der Waals surface area contributed by atoms with Gasteiger partial charge in [0.15, 0.2) is 0 Å². The third kappa shape index (κ3) is 3.07. The van der Waals surface area contributed by atoms with Crippen LogP contribution < -0.4 is 0 Å². The van der Waals surface area contributed by atoms with Gasteiger partial charge >= 0.3 is 0 Å². The molecule has 1 N–H and O–H groups in total. The Hall–Kier alpha value is -1.45. The Morgan fingerprint density at radius 3 is 2.79 bits per heavy atom. The molecule has 3 aliphatic rings. The molecule has 0 aromatic heterocycles. The van der Waals surface area contributed by atoms with E-state index in [1.165, 1.54) is 66.8 Å². The van der Waals surface area contributed by atoms with Crippen molar-refractivity contribution in [1.29, 1.82) is 0 Å². The van der Waals surface area contributed by atoms with Crippen LogP contribution in [-0.4, -0.2) is 35.4 Å². The molecule has 0 spiro atoms. The second-order valence-electron chi connectivity index (χ2n) is 9.01. The summed E-state index contributed by atoms with van der Waals surface area (Å²) in [5, 5.41) is 10.2. The molecule has 148 valence electrons. The van der Waals surface area contributed by atoms with Crippen molar-refractivity contribution in [3.8, 4) is 5.75 Å². The molecule has 0 amide bonds. The highest BCUT2D eigenvalue weighted by Gasteiger charge is 2.53. The number of likely N-dealkylation sites (tertiary alicyclic amines) is 1. The summed E-state index contributed by atoms with van der Waals surface area (Å²) in [7, 11) is 0. The fraction of sp³-hybridized carbons (Fsp3) is 0.520. The molecule has 2 aromatic rings. The van der Waals surface area contributed by atoms with Crippen LogP contribution in [-0.2, 0) is 18.3 Å². The summed E-state index contributed by atoms with van der Waals surface area (Å²) in [6, 6.07) is 16.0. The molecule has 1 aliphatic heterocycles. The van der Waals surface area contributed by atoms with E-state index in [4.69, 9.17) is 0 Å². The van der Waals surface area contributed by atoms with Crippen LogP contribution in [0, 0.1) is 5.92 Å². The highest BCUT2D eigenvalue weighted by Crippen LogP contribution is 2.56. The summed E-state index contributed by atoms with van der Waals surface area (Å²) >= 11 is 1.81. The lowest BCUT2D eigenvalue weighted by Crippen LogP contribution is -2.61. The van der Waals surface area contributed by atoms with E-state index in [9.17, 15) is 5.11 Å². The van der Waals surface area contributed by atoms with E-state index in [0.29, 0.717) is 17.2 Å². The van der Waals surface area contributed by atoms with Gasteiger partial charge in [-0.3, -0.25) is 4.90 Å². The second-order valence-corrected chi connectivity index (χ2v) is 9.89. The summed E-state index contributed by atoms with van der Waals surface area (Å²) in [4.78, 5) is 4.15. The van der Waals surface area contributed by atoms with Crippen molar-refractivity contribution in [3.05, 3.63) is 59.2 Å². The molecule has 0 unspecified atom stereocenters. The average molecular weight is 394 g/mol. The van der Waals surface area contributed by atoms with Crippen LogP contribution in [0.3, 0.4) is 0 Å². The molecular weight excluding hydrogens is 362 g/mol. The number of thioether (sulfide) groups is 1. The number of piperidine rings is 1. The van der Waals surface area contributed by atoms with Gasteiger partial charge in [-0.25, -0.2) is 0 Å². The van der Waals surface area contributed by atoms with Gasteiger partial charge in [-0.15, -0.1) is 11.8 Å². The summed E-state index contributed by atoms with van der Waals surface area (Å²) in [6.07, 6.45) is 11.1. The minimum atomic E-state index is 0.325. The standard InChI is InChI=1S/C25H31NOS/c1-28-21-9-5-18(6-10-21)11-14-26-15-13-25-12-3-2-4-22(25)24(26)16-19-7-8-20(27)17-23(19)25/h5-10,17,22,24,27H,2-4,11-16H2,1H3/t22-,24-,25+/m0/s1. The van der Waals surface area contributed by atoms with Crippen LogP contribution in [0.1, 0.15) is 48.8 Å². The summed E-state index contributed by atoms with van der Waals surface area (Å²) in [5.41, 5.74) is 4.77. The van der Waals surface area contributed by atoms with Crippen LogP contribution in [0.15, 0.2) is 47.4 Å². The first-order valence-electron chi connectivity index (χ1n) is 10.9. The van der Waals surface area contributed by atoms with E-state index in [1.54, 1.807) is 0 Å². The van der Waals surface area contributed by atoms with Crippen LogP contribution in [0.5, 0.6) is 5.75 Å². The van der Waals surface area contributed by atoms with E-state index < -0.39 is 0 Å². The summed E-state index contributed by atoms with van der Waals surface area (Å²) in [5.74, 6) is 1.22. The molecule has 2 fully saturated rings. The Morgan fingerprint density at radius 1 is 1.11 bits per heavy atom. The van der Waals surface area contributed by atoms with Crippen LogP contribution in [0.25, 0.3) is 0 Å². The quantitative estimate of drug-likeness (QED) is 0.702. The van der Waals surface area contributed by atoms with Gasteiger partial charge in [0.05, 0.1) is 0 Å². The maximum absolute atomic E-state index is 10.2. The molecule has 0 radical (unpaired) electrons. The Balaban J connectivity index is 1.39. The maximum Gasteiger partial charge on any atom is 0.115 e. The predicted octanol–water partition coefficient (Wildman–Crippen LogP) is 5.42. The fourth-order valence-corrected chi connectivity index (χ4v) is 6.82. The average Bonchev–Trinajstić information content (AvgIpc) is 2.74. The lowest BCUT2D eigenvalue weighted by Gasteiger charge is -2.59. The first-order valence-corrected chi connectivity index (χ1v) is 12.1. The van der Waals surface area contributed by atoms with Crippen molar-refractivity contribution in [2.24, 2.45) is 5.92 Å². The van der Waals surface area contributed by atoms with Gasteiger partial charge in [0.2, 0.25) is 0 Å². The van der Waals surface area contributed by atoms with Crippen molar-refractivity contribution in [2.45, 2.75) is 61.3 Å². The van der Waals surface area contributed by atoms with Gasteiger partial charge < -0.3 is 5.11 Å². The van der Waals surface area contributed by atoms with E-state index in [2.05, 4.69) is 47.6 Å². The van der Waals surface area contributed by atoms with Gasteiger partial charge in [0.25, 0.3) is 0 Å². The molecular formula is C25H31NOS. The molecule has 2 aliphatic carbocycles. The predicted molar refractivity (Wildman–Crippen MR) is 117 cm³/mol. The molecule has 5 rings (SSSR count). The molecule has 2 aromatic carbocycles. The molecule has 1 saturated heterocycles. The first-order chi connectivity index (χ1) is 13.7. The van der Waals surface area contributed by atoms with Crippen molar-refractivity contribution in [2.75, 3.05) is 19.3 Å². The van der Waals surface area contributed by atoms with Gasteiger partial charge in [-0.05, 0) is 91.8 Å². The maximum atomic E-state index is 10.2. The van der Waals surface area contributed by atoms with E-state index >= 15 is 0 Å². The Bertz CT molecular complexity index is 848. The van der Waals surface area contributed by atoms with Crippen LogP contribution >= 0.6 is 11.8 Å². The van der Waals surface area contributed by atoms with Crippen LogP contribution in [0.4, 0.5) is 0 Å². The van der Waals surface area contributed by atoms with Crippen LogP contribution in [0.2, 0.25) is 0 Å². The van der Waals surface area contributed by atoms with E-state index in [1.807, 2.05) is 17.8 Å². The minimum Gasteiger partial charge on any atom is -0.508 e. The second kappa shape index (κ2) is 7.42. The number of phenols is 1.